The van der Waals surface area contributed by atoms with Gasteiger partial charge in [-0.15, -0.1) is 11.3 Å². The van der Waals surface area contributed by atoms with Crippen LogP contribution < -0.4 is 5.32 Å². The number of carbonyl (C=O) groups is 2. The first-order chi connectivity index (χ1) is 12.6. The SMILES string of the molecule is CCOC(=O)c1c(-c2ccc(F)cc2)csc1NC(=O)c1cnccn1. The molecule has 0 aliphatic heterocycles. The number of esters is 1. The summed E-state index contributed by atoms with van der Waals surface area (Å²) < 4.78 is 18.3. The summed E-state index contributed by atoms with van der Waals surface area (Å²) in [4.78, 5) is 32.5. The topological polar surface area (TPSA) is 81.2 Å². The minimum Gasteiger partial charge on any atom is -0.462 e. The van der Waals surface area contributed by atoms with Gasteiger partial charge in [-0.2, -0.15) is 0 Å². The molecule has 1 N–H and O–H groups in total. The maximum absolute atomic E-state index is 13.2. The minimum atomic E-state index is -0.567. The summed E-state index contributed by atoms with van der Waals surface area (Å²) in [5, 5.41) is 4.72. The van der Waals surface area contributed by atoms with Crippen molar-refractivity contribution in [2.24, 2.45) is 0 Å². The van der Waals surface area contributed by atoms with Crippen molar-refractivity contribution in [3.63, 3.8) is 0 Å². The summed E-state index contributed by atoms with van der Waals surface area (Å²) in [6, 6.07) is 5.74. The molecular weight excluding hydrogens is 357 g/mol. The molecule has 0 radical (unpaired) electrons. The Morgan fingerprint density at radius 2 is 2.00 bits per heavy atom. The van der Waals surface area contributed by atoms with Gasteiger partial charge in [0, 0.05) is 23.3 Å². The highest BCUT2D eigenvalue weighted by Crippen LogP contribution is 2.36. The molecular formula is C18H14FN3O3S. The first-order valence-electron chi connectivity index (χ1n) is 7.72. The van der Waals surface area contributed by atoms with E-state index in [-0.39, 0.29) is 23.7 Å². The molecule has 1 amide bonds. The zero-order valence-electron chi connectivity index (χ0n) is 13.7. The van der Waals surface area contributed by atoms with Crippen molar-refractivity contribution in [1.82, 2.24) is 9.97 Å². The summed E-state index contributed by atoms with van der Waals surface area (Å²) in [5.41, 5.74) is 1.55. The number of aromatic nitrogens is 2. The standard InChI is InChI=1S/C18H14FN3O3S/c1-2-25-18(24)15-13(11-3-5-12(19)6-4-11)10-26-17(15)22-16(23)14-9-20-7-8-21-14/h3-10H,2H2,1H3,(H,22,23). The molecule has 0 atom stereocenters. The highest BCUT2D eigenvalue weighted by atomic mass is 32.1. The lowest BCUT2D eigenvalue weighted by molar-refractivity contribution is 0.0529. The van der Waals surface area contributed by atoms with E-state index < -0.39 is 11.9 Å². The highest BCUT2D eigenvalue weighted by Gasteiger charge is 2.23. The second-order valence-corrected chi connectivity index (χ2v) is 6.01. The summed E-state index contributed by atoms with van der Waals surface area (Å²) >= 11 is 1.18. The van der Waals surface area contributed by atoms with Crippen LogP contribution in [0.15, 0.2) is 48.2 Å². The van der Waals surface area contributed by atoms with Crippen molar-refractivity contribution < 1.29 is 18.7 Å². The van der Waals surface area contributed by atoms with Crippen LogP contribution in [0, 0.1) is 5.82 Å². The first-order valence-corrected chi connectivity index (χ1v) is 8.60. The van der Waals surface area contributed by atoms with Crippen LogP contribution in [0.25, 0.3) is 11.1 Å². The number of nitrogens with one attached hydrogen (secondary N) is 1. The van der Waals surface area contributed by atoms with Gasteiger partial charge in [-0.3, -0.25) is 9.78 Å². The van der Waals surface area contributed by atoms with E-state index >= 15 is 0 Å². The second-order valence-electron chi connectivity index (χ2n) is 5.13. The monoisotopic (exact) mass is 371 g/mol. The van der Waals surface area contributed by atoms with Crippen molar-refractivity contribution in [3.8, 4) is 11.1 Å². The number of ether oxygens (including phenoxy) is 1. The quantitative estimate of drug-likeness (QED) is 0.691. The van der Waals surface area contributed by atoms with Crippen LogP contribution >= 0.6 is 11.3 Å². The zero-order valence-corrected chi connectivity index (χ0v) is 14.5. The molecule has 0 saturated carbocycles. The Hall–Kier alpha value is -3.13. The average Bonchev–Trinajstić information content (AvgIpc) is 3.07. The Labute approximate surface area is 152 Å². The Morgan fingerprint density at radius 3 is 2.65 bits per heavy atom. The Morgan fingerprint density at radius 1 is 1.23 bits per heavy atom. The van der Waals surface area contributed by atoms with Crippen LogP contribution in [0.3, 0.4) is 0 Å². The largest absolute Gasteiger partial charge is 0.462 e. The molecule has 0 spiro atoms. The maximum Gasteiger partial charge on any atom is 0.341 e. The fourth-order valence-corrected chi connectivity index (χ4v) is 3.23. The molecule has 0 bridgehead atoms. The third kappa shape index (κ3) is 3.75. The Kier molecular flexibility index (Phi) is 5.33. The molecule has 132 valence electrons. The van der Waals surface area contributed by atoms with Crippen LogP contribution in [0.2, 0.25) is 0 Å². The number of amides is 1. The van der Waals surface area contributed by atoms with Gasteiger partial charge in [-0.25, -0.2) is 14.2 Å². The number of anilines is 1. The maximum atomic E-state index is 13.2. The first kappa shape index (κ1) is 17.7. The summed E-state index contributed by atoms with van der Waals surface area (Å²) in [7, 11) is 0. The summed E-state index contributed by atoms with van der Waals surface area (Å²) in [6.07, 6.45) is 4.19. The number of thiophene rings is 1. The van der Waals surface area contributed by atoms with Crippen LogP contribution in [-0.2, 0) is 4.74 Å². The lowest BCUT2D eigenvalue weighted by atomic mass is 10.0. The summed E-state index contributed by atoms with van der Waals surface area (Å²) in [6.45, 7) is 1.88. The number of halogens is 1. The van der Waals surface area contributed by atoms with Gasteiger partial charge in [0.25, 0.3) is 5.91 Å². The van der Waals surface area contributed by atoms with Gasteiger partial charge in [-0.05, 0) is 24.6 Å². The molecule has 1 aromatic carbocycles. The lowest BCUT2D eigenvalue weighted by Crippen LogP contribution is -2.16. The molecule has 2 aromatic heterocycles. The van der Waals surface area contributed by atoms with Crippen LogP contribution in [0.1, 0.15) is 27.8 Å². The molecule has 0 fully saturated rings. The van der Waals surface area contributed by atoms with E-state index in [4.69, 9.17) is 4.74 Å². The van der Waals surface area contributed by atoms with Crippen LogP contribution in [-0.4, -0.2) is 28.5 Å². The van der Waals surface area contributed by atoms with E-state index in [2.05, 4.69) is 15.3 Å². The molecule has 0 saturated heterocycles. The molecule has 8 heteroatoms. The van der Waals surface area contributed by atoms with Crippen molar-refractivity contribution in [1.29, 1.82) is 0 Å². The van der Waals surface area contributed by atoms with Gasteiger partial charge >= 0.3 is 5.97 Å². The van der Waals surface area contributed by atoms with Gasteiger partial charge in [0.15, 0.2) is 0 Å². The van der Waals surface area contributed by atoms with E-state index in [0.717, 1.165) is 0 Å². The molecule has 3 aromatic rings. The van der Waals surface area contributed by atoms with Crippen LogP contribution in [0.4, 0.5) is 9.39 Å². The van der Waals surface area contributed by atoms with Crippen molar-refractivity contribution in [3.05, 3.63) is 65.3 Å². The molecule has 3 rings (SSSR count). The average molecular weight is 371 g/mol. The van der Waals surface area contributed by atoms with Gasteiger partial charge in [-0.1, -0.05) is 12.1 Å². The second kappa shape index (κ2) is 7.83. The van der Waals surface area contributed by atoms with Crippen LogP contribution in [0.5, 0.6) is 0 Å². The fourth-order valence-electron chi connectivity index (χ4n) is 2.28. The number of hydrogen-bond acceptors (Lipinski definition) is 6. The Balaban J connectivity index is 1.98. The van der Waals surface area contributed by atoms with Crippen molar-refractivity contribution >= 4 is 28.2 Å². The third-order valence-corrected chi connectivity index (χ3v) is 4.34. The molecule has 6 nitrogen and oxygen atoms in total. The van der Waals surface area contributed by atoms with Crippen molar-refractivity contribution in [2.45, 2.75) is 6.92 Å². The zero-order chi connectivity index (χ0) is 18.5. The van der Waals surface area contributed by atoms with E-state index in [9.17, 15) is 14.0 Å². The summed E-state index contributed by atoms with van der Waals surface area (Å²) in [5.74, 6) is -1.43. The minimum absolute atomic E-state index is 0.124. The molecule has 0 unspecified atom stereocenters. The van der Waals surface area contributed by atoms with E-state index in [1.54, 1.807) is 24.4 Å². The fraction of sp³-hybridized carbons (Fsp3) is 0.111. The molecule has 26 heavy (non-hydrogen) atoms. The van der Waals surface area contributed by atoms with Gasteiger partial charge in [0.05, 0.1) is 12.8 Å². The predicted octanol–water partition coefficient (Wildman–Crippen LogP) is 3.77. The third-order valence-electron chi connectivity index (χ3n) is 3.45. The van der Waals surface area contributed by atoms with E-state index in [1.807, 2.05) is 0 Å². The molecule has 0 aliphatic carbocycles. The van der Waals surface area contributed by atoms with Crippen molar-refractivity contribution in [2.75, 3.05) is 11.9 Å². The Bertz CT molecular complexity index is 927. The molecule has 0 aliphatic rings. The lowest BCUT2D eigenvalue weighted by Gasteiger charge is -2.08. The smallest absolute Gasteiger partial charge is 0.341 e. The number of nitrogens with zero attached hydrogens (tertiary/aromatic N) is 2. The number of carbonyl (C=O) groups excluding carboxylic acids is 2. The highest BCUT2D eigenvalue weighted by molar-refractivity contribution is 7.15. The number of rotatable bonds is 5. The van der Waals surface area contributed by atoms with E-state index in [1.165, 1.54) is 42.1 Å². The normalized spacial score (nSPS) is 10.4. The number of hydrogen-bond donors (Lipinski definition) is 1. The van der Waals surface area contributed by atoms with Gasteiger partial charge in [0.2, 0.25) is 0 Å². The molecule has 2 heterocycles. The van der Waals surface area contributed by atoms with Gasteiger partial charge in [0.1, 0.15) is 22.1 Å². The van der Waals surface area contributed by atoms with Gasteiger partial charge < -0.3 is 10.1 Å². The van der Waals surface area contributed by atoms with E-state index in [0.29, 0.717) is 16.1 Å². The predicted molar refractivity (Wildman–Crippen MR) is 95.7 cm³/mol. The number of benzene rings is 1.